The highest BCUT2D eigenvalue weighted by atomic mass is 35.5. The monoisotopic (exact) mass is 261 g/mol. The second-order valence-electron chi connectivity index (χ2n) is 3.64. The van der Waals surface area contributed by atoms with E-state index >= 15 is 0 Å². The predicted octanol–water partition coefficient (Wildman–Crippen LogP) is 2.23. The molecular weight excluding hydrogens is 249 g/mol. The lowest BCUT2D eigenvalue weighted by Crippen LogP contribution is -2.32. The van der Waals surface area contributed by atoms with Crippen LogP contribution >= 0.6 is 23.8 Å². The van der Waals surface area contributed by atoms with Gasteiger partial charge in [0, 0.05) is 25.7 Å². The molecule has 0 aromatic carbocycles. The van der Waals surface area contributed by atoms with Crippen molar-refractivity contribution >= 4 is 34.6 Å². The summed E-state index contributed by atoms with van der Waals surface area (Å²) in [6.45, 7) is 2.40. The van der Waals surface area contributed by atoms with E-state index in [2.05, 4.69) is 4.98 Å². The van der Waals surface area contributed by atoms with Crippen LogP contribution in [0, 0.1) is 11.7 Å². The van der Waals surface area contributed by atoms with E-state index < -0.39 is 5.82 Å². The Morgan fingerprint density at radius 1 is 1.75 bits per heavy atom. The zero-order valence-electron chi connectivity index (χ0n) is 9.08. The number of hydrogen-bond donors (Lipinski definition) is 1. The number of aromatic nitrogens is 1. The van der Waals surface area contributed by atoms with Crippen LogP contribution in [0.3, 0.4) is 0 Å². The van der Waals surface area contributed by atoms with Gasteiger partial charge in [-0.3, -0.25) is 0 Å². The summed E-state index contributed by atoms with van der Waals surface area (Å²) < 4.78 is 13.5. The first-order chi connectivity index (χ1) is 7.41. The molecule has 1 aromatic heterocycles. The van der Waals surface area contributed by atoms with Crippen LogP contribution in [0.2, 0.25) is 5.02 Å². The van der Waals surface area contributed by atoms with Gasteiger partial charge in [0.1, 0.15) is 0 Å². The van der Waals surface area contributed by atoms with Crippen LogP contribution in [0.4, 0.5) is 10.2 Å². The van der Waals surface area contributed by atoms with Gasteiger partial charge in [0.25, 0.3) is 0 Å². The lowest BCUT2D eigenvalue weighted by molar-refractivity contribution is 0.609. The van der Waals surface area contributed by atoms with Crippen LogP contribution in [0.25, 0.3) is 0 Å². The zero-order valence-corrected chi connectivity index (χ0v) is 10.6. The number of nitrogens with zero attached hydrogens (tertiary/aromatic N) is 2. The second-order valence-corrected chi connectivity index (χ2v) is 4.55. The highest BCUT2D eigenvalue weighted by molar-refractivity contribution is 7.80. The Bertz CT molecular complexity index is 400. The van der Waals surface area contributed by atoms with Crippen LogP contribution < -0.4 is 10.6 Å². The van der Waals surface area contributed by atoms with Crippen LogP contribution in [-0.2, 0) is 0 Å². The molecule has 1 unspecified atom stereocenters. The normalized spacial score (nSPS) is 12.2. The van der Waals surface area contributed by atoms with Crippen molar-refractivity contribution in [3.8, 4) is 0 Å². The molecule has 0 bridgehead atoms. The summed E-state index contributed by atoms with van der Waals surface area (Å²) >= 11 is 10.5. The van der Waals surface area contributed by atoms with Crippen LogP contribution in [-0.4, -0.2) is 23.6 Å². The summed E-state index contributed by atoms with van der Waals surface area (Å²) in [6, 6.07) is 1.23. The van der Waals surface area contributed by atoms with Gasteiger partial charge < -0.3 is 10.6 Å². The number of thiocarbonyl (C=S) groups is 1. The van der Waals surface area contributed by atoms with Gasteiger partial charge in [-0.15, -0.1) is 0 Å². The number of halogens is 2. The lowest BCUT2D eigenvalue weighted by Gasteiger charge is -2.22. The fraction of sp³-hybridized carbons (Fsp3) is 0.400. The van der Waals surface area contributed by atoms with Crippen molar-refractivity contribution in [3.63, 3.8) is 0 Å². The van der Waals surface area contributed by atoms with Crippen LogP contribution in [0.5, 0.6) is 0 Å². The Morgan fingerprint density at radius 2 is 2.38 bits per heavy atom. The summed E-state index contributed by atoms with van der Waals surface area (Å²) in [4.78, 5) is 5.99. The summed E-state index contributed by atoms with van der Waals surface area (Å²) in [6.07, 6.45) is 1.40. The molecule has 1 heterocycles. The number of pyridine rings is 1. The lowest BCUT2D eigenvalue weighted by atomic mass is 10.2. The molecule has 6 heteroatoms. The first kappa shape index (κ1) is 13.1. The third-order valence-corrected chi connectivity index (χ3v) is 2.79. The minimum Gasteiger partial charge on any atom is -0.393 e. The van der Waals surface area contributed by atoms with Gasteiger partial charge >= 0.3 is 0 Å². The van der Waals surface area contributed by atoms with E-state index in [-0.39, 0.29) is 16.8 Å². The number of nitrogens with two attached hydrogens (primary N) is 1. The van der Waals surface area contributed by atoms with Gasteiger partial charge in [-0.25, -0.2) is 9.37 Å². The molecule has 0 radical (unpaired) electrons. The van der Waals surface area contributed by atoms with Gasteiger partial charge in [-0.05, 0) is 6.07 Å². The number of anilines is 1. The zero-order chi connectivity index (χ0) is 12.3. The molecule has 3 nitrogen and oxygen atoms in total. The van der Waals surface area contributed by atoms with Crippen molar-refractivity contribution in [1.82, 2.24) is 4.98 Å². The number of rotatable bonds is 4. The molecule has 88 valence electrons. The average Bonchev–Trinajstić information content (AvgIpc) is 2.16. The maximum Gasteiger partial charge on any atom is 0.167 e. The topological polar surface area (TPSA) is 42.2 Å². The van der Waals surface area contributed by atoms with Crippen molar-refractivity contribution in [2.75, 3.05) is 18.5 Å². The van der Waals surface area contributed by atoms with Gasteiger partial charge in [0.15, 0.2) is 11.6 Å². The fourth-order valence-corrected chi connectivity index (χ4v) is 1.49. The van der Waals surface area contributed by atoms with Crippen LogP contribution in [0.1, 0.15) is 6.92 Å². The van der Waals surface area contributed by atoms with Gasteiger partial charge in [0.2, 0.25) is 0 Å². The molecule has 2 N–H and O–H groups in total. The molecule has 0 aliphatic rings. The smallest absolute Gasteiger partial charge is 0.167 e. The number of hydrogen-bond acceptors (Lipinski definition) is 3. The molecule has 0 fully saturated rings. The molecule has 0 saturated heterocycles. The molecule has 0 amide bonds. The summed E-state index contributed by atoms with van der Waals surface area (Å²) in [5.74, 6) is -0.213. The third-order valence-electron chi connectivity index (χ3n) is 2.18. The van der Waals surface area contributed by atoms with Crippen molar-refractivity contribution in [2.24, 2.45) is 11.7 Å². The Hall–Kier alpha value is -0.940. The Kier molecular flexibility index (Phi) is 4.44. The largest absolute Gasteiger partial charge is 0.393 e. The van der Waals surface area contributed by atoms with Crippen molar-refractivity contribution < 1.29 is 4.39 Å². The molecule has 1 atom stereocenters. The highest BCUT2D eigenvalue weighted by Gasteiger charge is 2.14. The van der Waals surface area contributed by atoms with E-state index in [0.29, 0.717) is 11.5 Å². The maximum atomic E-state index is 13.5. The first-order valence-electron chi connectivity index (χ1n) is 4.73. The Balaban J connectivity index is 2.80. The van der Waals surface area contributed by atoms with Crippen molar-refractivity contribution in [2.45, 2.75) is 6.92 Å². The second kappa shape index (κ2) is 5.41. The molecular formula is C10H13ClFN3S. The summed E-state index contributed by atoms with van der Waals surface area (Å²) in [5.41, 5.74) is 5.49. The molecule has 0 saturated carbocycles. The van der Waals surface area contributed by atoms with E-state index in [4.69, 9.17) is 29.6 Å². The molecule has 1 rings (SSSR count). The Morgan fingerprint density at radius 3 is 2.88 bits per heavy atom. The molecule has 0 aliphatic carbocycles. The standard InChI is InChI=1S/C10H13ClFN3S/c1-6(9(13)16)5-15(2)10-8(12)3-7(11)4-14-10/h3-4,6H,5H2,1-2H3,(H2,13,16). The molecule has 16 heavy (non-hydrogen) atoms. The van der Waals surface area contributed by atoms with E-state index in [1.54, 1.807) is 11.9 Å². The average molecular weight is 262 g/mol. The first-order valence-corrected chi connectivity index (χ1v) is 5.52. The maximum absolute atomic E-state index is 13.5. The predicted molar refractivity (Wildman–Crippen MR) is 68.4 cm³/mol. The summed E-state index contributed by atoms with van der Waals surface area (Å²) in [7, 11) is 1.73. The molecule has 0 spiro atoms. The SMILES string of the molecule is CC(CN(C)c1ncc(Cl)cc1F)C(N)=S. The highest BCUT2D eigenvalue weighted by Crippen LogP contribution is 2.19. The van der Waals surface area contributed by atoms with E-state index in [0.717, 1.165) is 0 Å². The third kappa shape index (κ3) is 3.28. The molecule has 0 aliphatic heterocycles. The Labute approximate surface area is 104 Å². The van der Waals surface area contributed by atoms with Crippen LogP contribution in [0.15, 0.2) is 12.3 Å². The minimum atomic E-state index is -0.454. The van der Waals surface area contributed by atoms with Crippen molar-refractivity contribution in [3.05, 3.63) is 23.1 Å². The van der Waals surface area contributed by atoms with E-state index in [9.17, 15) is 4.39 Å². The van der Waals surface area contributed by atoms with E-state index in [1.807, 2.05) is 6.92 Å². The summed E-state index contributed by atoms with van der Waals surface area (Å²) in [5, 5.41) is 0.275. The minimum absolute atomic E-state index is 0.00289. The van der Waals surface area contributed by atoms with Crippen molar-refractivity contribution in [1.29, 1.82) is 0 Å². The quantitative estimate of drug-likeness (QED) is 0.844. The fourth-order valence-electron chi connectivity index (χ4n) is 1.28. The van der Waals surface area contributed by atoms with Gasteiger partial charge in [0.05, 0.1) is 10.0 Å². The van der Waals surface area contributed by atoms with Gasteiger partial charge in [-0.1, -0.05) is 30.7 Å². The van der Waals surface area contributed by atoms with E-state index in [1.165, 1.54) is 12.3 Å². The van der Waals surface area contributed by atoms with Gasteiger partial charge in [-0.2, -0.15) is 0 Å². The molecule has 1 aromatic rings.